The Kier molecular flexibility index (Phi) is 9.31. The standard InChI is InChI=1S/C26H35NO7S/c1-25(2,3)32-23(28)17-20(18-27-24(29)33-26(4,5)6)16-19-12-14-21(15-13-19)34-35(30,31)22-10-8-7-9-11-22/h7-15,20H,16-18H2,1-6H3,(H,27,29). The van der Waals surface area contributed by atoms with E-state index >= 15 is 0 Å². The Labute approximate surface area is 208 Å². The van der Waals surface area contributed by atoms with Crippen molar-refractivity contribution < 1.29 is 31.7 Å². The van der Waals surface area contributed by atoms with Crippen molar-refractivity contribution in [3.05, 3.63) is 60.2 Å². The molecule has 0 spiro atoms. The van der Waals surface area contributed by atoms with Crippen LogP contribution in [0.5, 0.6) is 5.75 Å². The van der Waals surface area contributed by atoms with Gasteiger partial charge in [0, 0.05) is 6.54 Å². The van der Waals surface area contributed by atoms with E-state index in [0.717, 1.165) is 5.56 Å². The van der Waals surface area contributed by atoms with Crippen molar-refractivity contribution in [2.75, 3.05) is 6.54 Å². The van der Waals surface area contributed by atoms with Crippen LogP contribution in [-0.4, -0.2) is 38.2 Å². The van der Waals surface area contributed by atoms with Crippen LogP contribution < -0.4 is 9.50 Å². The number of benzene rings is 2. The third kappa shape index (κ3) is 10.8. The summed E-state index contributed by atoms with van der Waals surface area (Å²) < 4.78 is 40.8. The van der Waals surface area contributed by atoms with Gasteiger partial charge in [0.25, 0.3) is 0 Å². The molecule has 0 saturated carbocycles. The molecule has 35 heavy (non-hydrogen) atoms. The number of hydrogen-bond acceptors (Lipinski definition) is 7. The third-order valence-corrected chi connectivity index (χ3v) is 5.76. The van der Waals surface area contributed by atoms with Gasteiger partial charge in [0.05, 0.1) is 6.42 Å². The Bertz CT molecular complexity index is 1080. The zero-order valence-electron chi connectivity index (χ0n) is 21.2. The van der Waals surface area contributed by atoms with Crippen LogP contribution in [0.3, 0.4) is 0 Å². The summed E-state index contributed by atoms with van der Waals surface area (Å²) in [5.74, 6) is -0.465. The normalized spacial score (nSPS) is 13.0. The van der Waals surface area contributed by atoms with Gasteiger partial charge in [-0.2, -0.15) is 8.42 Å². The van der Waals surface area contributed by atoms with Gasteiger partial charge in [0.1, 0.15) is 21.8 Å². The van der Waals surface area contributed by atoms with E-state index in [1.165, 1.54) is 12.1 Å². The minimum atomic E-state index is -3.94. The number of nitrogens with one attached hydrogen (secondary N) is 1. The number of carbonyl (C=O) groups is 2. The second-order valence-corrected chi connectivity index (χ2v) is 11.8. The van der Waals surface area contributed by atoms with Gasteiger partial charge in [0.2, 0.25) is 0 Å². The Morgan fingerprint density at radius 3 is 1.97 bits per heavy atom. The Morgan fingerprint density at radius 2 is 1.43 bits per heavy atom. The van der Waals surface area contributed by atoms with Gasteiger partial charge in [-0.1, -0.05) is 30.3 Å². The van der Waals surface area contributed by atoms with Gasteiger partial charge in [-0.25, -0.2) is 4.79 Å². The highest BCUT2D eigenvalue weighted by Gasteiger charge is 2.23. The summed E-state index contributed by atoms with van der Waals surface area (Å²) in [6, 6.07) is 14.5. The molecule has 0 fully saturated rings. The molecule has 0 bridgehead atoms. The lowest BCUT2D eigenvalue weighted by Crippen LogP contribution is -2.36. The molecule has 0 radical (unpaired) electrons. The molecular weight excluding hydrogens is 470 g/mol. The van der Waals surface area contributed by atoms with Gasteiger partial charge in [-0.15, -0.1) is 0 Å². The SMILES string of the molecule is CC(C)(C)OC(=O)CC(CNC(=O)OC(C)(C)C)Cc1ccc(OS(=O)(=O)c2ccccc2)cc1. The highest BCUT2D eigenvalue weighted by atomic mass is 32.2. The maximum Gasteiger partial charge on any atom is 0.407 e. The molecule has 0 aromatic heterocycles. The molecule has 0 aliphatic rings. The zero-order valence-corrected chi connectivity index (χ0v) is 22.0. The van der Waals surface area contributed by atoms with Crippen LogP contribution in [0.2, 0.25) is 0 Å². The quantitative estimate of drug-likeness (QED) is 0.383. The zero-order chi connectivity index (χ0) is 26.3. The minimum Gasteiger partial charge on any atom is -0.460 e. The van der Waals surface area contributed by atoms with Crippen molar-refractivity contribution in [3.8, 4) is 5.75 Å². The first-order chi connectivity index (χ1) is 16.1. The second kappa shape index (κ2) is 11.6. The minimum absolute atomic E-state index is 0.0646. The van der Waals surface area contributed by atoms with E-state index in [0.29, 0.717) is 6.42 Å². The number of hydrogen-bond donors (Lipinski definition) is 1. The van der Waals surface area contributed by atoms with Crippen LogP contribution in [0.4, 0.5) is 4.79 Å². The third-order valence-electron chi connectivity index (χ3n) is 4.49. The topological polar surface area (TPSA) is 108 Å². The van der Waals surface area contributed by atoms with Crippen molar-refractivity contribution >= 4 is 22.2 Å². The predicted octanol–water partition coefficient (Wildman–Crippen LogP) is 4.87. The monoisotopic (exact) mass is 505 g/mol. The lowest BCUT2D eigenvalue weighted by molar-refractivity contribution is -0.155. The number of ether oxygens (including phenoxy) is 2. The van der Waals surface area contributed by atoms with Gasteiger partial charge >= 0.3 is 22.2 Å². The highest BCUT2D eigenvalue weighted by Crippen LogP contribution is 2.22. The van der Waals surface area contributed by atoms with Crippen molar-refractivity contribution in [3.63, 3.8) is 0 Å². The summed E-state index contributed by atoms with van der Waals surface area (Å²) in [5, 5.41) is 2.72. The molecule has 2 aromatic carbocycles. The number of carbonyl (C=O) groups excluding carboxylic acids is 2. The average Bonchev–Trinajstić information content (AvgIpc) is 2.71. The largest absolute Gasteiger partial charge is 0.460 e. The summed E-state index contributed by atoms with van der Waals surface area (Å²) in [7, 11) is -3.94. The summed E-state index contributed by atoms with van der Waals surface area (Å²) in [6.07, 6.45) is -0.0318. The molecule has 1 unspecified atom stereocenters. The lowest BCUT2D eigenvalue weighted by atomic mass is 9.96. The predicted molar refractivity (Wildman–Crippen MR) is 133 cm³/mol. The molecule has 9 heteroatoms. The number of esters is 1. The van der Waals surface area contributed by atoms with E-state index in [9.17, 15) is 18.0 Å². The van der Waals surface area contributed by atoms with Gasteiger partial charge in [-0.05, 0) is 83.7 Å². The van der Waals surface area contributed by atoms with Crippen molar-refractivity contribution in [1.29, 1.82) is 0 Å². The molecule has 0 aliphatic heterocycles. The Hall–Kier alpha value is -3.07. The van der Waals surface area contributed by atoms with Crippen LogP contribution in [0, 0.1) is 5.92 Å². The Balaban J connectivity index is 2.08. The molecule has 0 heterocycles. The molecule has 2 aromatic rings. The van der Waals surface area contributed by atoms with E-state index < -0.39 is 27.4 Å². The van der Waals surface area contributed by atoms with Crippen LogP contribution in [-0.2, 0) is 30.8 Å². The number of rotatable bonds is 9. The number of amides is 1. The molecule has 0 saturated heterocycles. The van der Waals surface area contributed by atoms with Crippen molar-refractivity contribution in [2.24, 2.45) is 5.92 Å². The molecular formula is C26H35NO7S. The molecule has 1 atom stereocenters. The fourth-order valence-electron chi connectivity index (χ4n) is 3.15. The fourth-order valence-corrected chi connectivity index (χ4v) is 4.10. The summed E-state index contributed by atoms with van der Waals surface area (Å²) >= 11 is 0. The summed E-state index contributed by atoms with van der Waals surface area (Å²) in [5.41, 5.74) is -0.418. The van der Waals surface area contributed by atoms with E-state index in [1.807, 2.05) is 0 Å². The highest BCUT2D eigenvalue weighted by molar-refractivity contribution is 7.87. The van der Waals surface area contributed by atoms with E-state index in [1.54, 1.807) is 84.0 Å². The lowest BCUT2D eigenvalue weighted by Gasteiger charge is -2.24. The smallest absolute Gasteiger partial charge is 0.407 e. The van der Waals surface area contributed by atoms with Gasteiger partial charge in [-0.3, -0.25) is 4.79 Å². The molecule has 192 valence electrons. The first kappa shape index (κ1) is 28.2. The van der Waals surface area contributed by atoms with Crippen molar-refractivity contribution in [1.82, 2.24) is 5.32 Å². The van der Waals surface area contributed by atoms with E-state index in [2.05, 4.69) is 5.32 Å². The molecule has 1 amide bonds. The molecule has 0 aliphatic carbocycles. The fraction of sp³-hybridized carbons (Fsp3) is 0.462. The first-order valence-electron chi connectivity index (χ1n) is 11.4. The molecule has 8 nitrogen and oxygen atoms in total. The maximum atomic E-state index is 12.4. The Morgan fingerprint density at radius 1 is 0.857 bits per heavy atom. The average molecular weight is 506 g/mol. The van der Waals surface area contributed by atoms with E-state index in [-0.39, 0.29) is 35.5 Å². The van der Waals surface area contributed by atoms with Gasteiger partial charge in [0.15, 0.2) is 0 Å². The number of alkyl carbamates (subject to hydrolysis) is 1. The molecule has 1 N–H and O–H groups in total. The summed E-state index contributed by atoms with van der Waals surface area (Å²) in [6.45, 7) is 10.9. The van der Waals surface area contributed by atoms with Crippen LogP contribution in [0.1, 0.15) is 53.5 Å². The van der Waals surface area contributed by atoms with E-state index in [4.69, 9.17) is 13.7 Å². The molecule has 2 rings (SSSR count). The van der Waals surface area contributed by atoms with Crippen LogP contribution >= 0.6 is 0 Å². The maximum absolute atomic E-state index is 12.4. The van der Waals surface area contributed by atoms with Crippen LogP contribution in [0.25, 0.3) is 0 Å². The van der Waals surface area contributed by atoms with Crippen molar-refractivity contribution in [2.45, 2.75) is 70.5 Å². The summed E-state index contributed by atoms with van der Waals surface area (Å²) in [4.78, 5) is 24.6. The first-order valence-corrected chi connectivity index (χ1v) is 12.8. The second-order valence-electron chi connectivity index (χ2n) is 10.2. The van der Waals surface area contributed by atoms with Gasteiger partial charge < -0.3 is 19.0 Å². The van der Waals surface area contributed by atoms with Crippen LogP contribution in [0.15, 0.2) is 59.5 Å².